The van der Waals surface area contributed by atoms with E-state index >= 15 is 0 Å². The molecule has 9 heavy (non-hydrogen) atoms. The standard InChI is InChI=1S/C8H13O/c9-8-5-4-6-2-1-3-7(6)8/h6-8H,1-5H2. The maximum absolute atomic E-state index is 11.1. The van der Waals surface area contributed by atoms with Gasteiger partial charge >= 0.3 is 0 Å². The summed E-state index contributed by atoms with van der Waals surface area (Å²) in [6, 6.07) is 0. The molecule has 2 rings (SSSR count). The molecular weight excluding hydrogens is 112 g/mol. The highest BCUT2D eigenvalue weighted by Crippen LogP contribution is 2.43. The summed E-state index contributed by atoms with van der Waals surface area (Å²) in [5, 5.41) is 11.1. The van der Waals surface area contributed by atoms with Crippen LogP contribution in [0, 0.1) is 11.8 Å². The molecule has 0 bridgehead atoms. The number of hydrogen-bond donors (Lipinski definition) is 0. The number of hydrogen-bond acceptors (Lipinski definition) is 0. The number of fused-ring (bicyclic) bond motifs is 1. The topological polar surface area (TPSA) is 19.9 Å². The molecule has 2 aliphatic carbocycles. The third-order valence-electron chi connectivity index (χ3n) is 3.02. The summed E-state index contributed by atoms with van der Waals surface area (Å²) in [5.41, 5.74) is 0. The van der Waals surface area contributed by atoms with Crippen molar-refractivity contribution in [2.45, 2.75) is 38.2 Å². The van der Waals surface area contributed by atoms with Gasteiger partial charge in [-0.2, -0.15) is 0 Å². The molecule has 0 aliphatic heterocycles. The van der Waals surface area contributed by atoms with Crippen molar-refractivity contribution in [3.63, 3.8) is 0 Å². The smallest absolute Gasteiger partial charge is 0.0960 e. The lowest BCUT2D eigenvalue weighted by molar-refractivity contribution is 0.0520. The van der Waals surface area contributed by atoms with E-state index in [0.717, 1.165) is 12.3 Å². The van der Waals surface area contributed by atoms with E-state index in [4.69, 9.17) is 0 Å². The lowest BCUT2D eigenvalue weighted by atomic mass is 9.99. The average molecular weight is 125 g/mol. The highest BCUT2D eigenvalue weighted by Gasteiger charge is 2.38. The first-order valence-corrected chi connectivity index (χ1v) is 4.04. The van der Waals surface area contributed by atoms with Crippen molar-refractivity contribution < 1.29 is 5.11 Å². The molecule has 0 aromatic heterocycles. The molecule has 1 nitrogen and oxygen atoms in total. The summed E-state index contributed by atoms with van der Waals surface area (Å²) < 4.78 is 0. The monoisotopic (exact) mass is 125 g/mol. The van der Waals surface area contributed by atoms with Crippen LogP contribution in [0.2, 0.25) is 0 Å². The summed E-state index contributed by atoms with van der Waals surface area (Å²) in [4.78, 5) is 0. The van der Waals surface area contributed by atoms with E-state index in [1.165, 1.54) is 25.7 Å². The summed E-state index contributed by atoms with van der Waals surface area (Å²) >= 11 is 0. The van der Waals surface area contributed by atoms with Crippen LogP contribution in [0.5, 0.6) is 0 Å². The summed E-state index contributed by atoms with van der Waals surface area (Å²) in [7, 11) is 0. The third kappa shape index (κ3) is 0.787. The van der Waals surface area contributed by atoms with Gasteiger partial charge in [0.2, 0.25) is 0 Å². The van der Waals surface area contributed by atoms with Crippen molar-refractivity contribution in [1.82, 2.24) is 0 Å². The Bertz CT molecular complexity index is 111. The Kier molecular flexibility index (Phi) is 1.26. The zero-order valence-electron chi connectivity index (χ0n) is 5.68. The van der Waals surface area contributed by atoms with Crippen molar-refractivity contribution in [2.75, 3.05) is 0 Å². The quantitative estimate of drug-likeness (QED) is 0.472. The van der Waals surface area contributed by atoms with Gasteiger partial charge in [0, 0.05) is 0 Å². The Morgan fingerprint density at radius 1 is 1.00 bits per heavy atom. The molecule has 0 amide bonds. The van der Waals surface area contributed by atoms with Crippen LogP contribution in [0.3, 0.4) is 0 Å². The minimum atomic E-state index is -0.183. The van der Waals surface area contributed by atoms with Crippen LogP contribution in [0.25, 0.3) is 0 Å². The van der Waals surface area contributed by atoms with E-state index in [9.17, 15) is 5.11 Å². The molecule has 2 fully saturated rings. The Morgan fingerprint density at radius 2 is 1.89 bits per heavy atom. The van der Waals surface area contributed by atoms with Gasteiger partial charge in [0.1, 0.15) is 0 Å². The molecule has 1 radical (unpaired) electrons. The van der Waals surface area contributed by atoms with E-state index in [1.807, 2.05) is 0 Å². The van der Waals surface area contributed by atoms with Gasteiger partial charge in [-0.15, -0.1) is 0 Å². The fourth-order valence-electron chi connectivity index (χ4n) is 2.51. The van der Waals surface area contributed by atoms with Crippen LogP contribution >= 0.6 is 0 Å². The van der Waals surface area contributed by atoms with Crippen molar-refractivity contribution in [3.05, 3.63) is 0 Å². The van der Waals surface area contributed by atoms with Crippen molar-refractivity contribution in [1.29, 1.82) is 0 Å². The molecule has 0 N–H and O–H groups in total. The predicted molar refractivity (Wildman–Crippen MR) is 34.5 cm³/mol. The number of rotatable bonds is 0. The van der Waals surface area contributed by atoms with Gasteiger partial charge in [-0.1, -0.05) is 12.8 Å². The van der Waals surface area contributed by atoms with E-state index in [-0.39, 0.29) is 6.10 Å². The van der Waals surface area contributed by atoms with E-state index in [1.54, 1.807) is 0 Å². The normalized spacial score (nSPS) is 49.7. The van der Waals surface area contributed by atoms with Gasteiger partial charge in [0.05, 0.1) is 6.10 Å². The van der Waals surface area contributed by atoms with Crippen LogP contribution in [0.1, 0.15) is 32.1 Å². The molecule has 0 saturated heterocycles. The first kappa shape index (κ1) is 5.72. The lowest BCUT2D eigenvalue weighted by Gasteiger charge is -2.08. The molecule has 3 atom stereocenters. The van der Waals surface area contributed by atoms with Gasteiger partial charge in [0.25, 0.3) is 0 Å². The molecule has 51 valence electrons. The zero-order chi connectivity index (χ0) is 6.27. The van der Waals surface area contributed by atoms with E-state index in [2.05, 4.69) is 0 Å². The minimum Gasteiger partial charge on any atom is -0.233 e. The average Bonchev–Trinajstić information content (AvgIpc) is 2.35. The van der Waals surface area contributed by atoms with Gasteiger partial charge < -0.3 is 0 Å². The molecule has 2 saturated carbocycles. The molecule has 0 aromatic rings. The van der Waals surface area contributed by atoms with Crippen LogP contribution in [0.15, 0.2) is 0 Å². The highest BCUT2D eigenvalue weighted by atomic mass is 16.3. The van der Waals surface area contributed by atoms with Crippen LogP contribution < -0.4 is 0 Å². The summed E-state index contributed by atoms with van der Waals surface area (Å²) in [5.74, 6) is 1.43. The molecule has 1 heteroatoms. The largest absolute Gasteiger partial charge is 0.233 e. The third-order valence-corrected chi connectivity index (χ3v) is 3.02. The maximum Gasteiger partial charge on any atom is 0.0960 e. The molecule has 2 aliphatic rings. The van der Waals surface area contributed by atoms with Crippen LogP contribution in [-0.2, 0) is 5.11 Å². The zero-order valence-corrected chi connectivity index (χ0v) is 5.68. The first-order chi connectivity index (χ1) is 4.38. The second-order valence-electron chi connectivity index (χ2n) is 3.47. The molecule has 3 unspecified atom stereocenters. The highest BCUT2D eigenvalue weighted by molar-refractivity contribution is 4.88. The van der Waals surface area contributed by atoms with Crippen LogP contribution in [0.4, 0.5) is 0 Å². The lowest BCUT2D eigenvalue weighted by Crippen LogP contribution is -2.11. The van der Waals surface area contributed by atoms with E-state index < -0.39 is 0 Å². The van der Waals surface area contributed by atoms with E-state index in [0.29, 0.717) is 5.92 Å². The summed E-state index contributed by atoms with van der Waals surface area (Å²) in [6.45, 7) is 0. The fraction of sp³-hybridized carbons (Fsp3) is 1.00. The van der Waals surface area contributed by atoms with Gasteiger partial charge in [0.15, 0.2) is 0 Å². The van der Waals surface area contributed by atoms with Crippen LogP contribution in [-0.4, -0.2) is 6.10 Å². The van der Waals surface area contributed by atoms with Gasteiger partial charge in [-0.05, 0) is 31.1 Å². The van der Waals surface area contributed by atoms with Gasteiger partial charge in [-0.25, -0.2) is 5.11 Å². The maximum atomic E-state index is 11.1. The second kappa shape index (κ2) is 1.98. The SMILES string of the molecule is [O]C1CCC2CCCC12. The molecule has 0 aromatic carbocycles. The Balaban J connectivity index is 2.07. The van der Waals surface area contributed by atoms with Crippen molar-refractivity contribution in [3.8, 4) is 0 Å². The Hall–Kier alpha value is -0.0400. The molecule has 0 spiro atoms. The minimum absolute atomic E-state index is 0.183. The first-order valence-electron chi connectivity index (χ1n) is 4.04. The summed E-state index contributed by atoms with van der Waals surface area (Å²) in [6.07, 6.45) is 5.93. The second-order valence-corrected chi connectivity index (χ2v) is 3.47. The molecular formula is C8H13O. The molecule has 0 heterocycles. The predicted octanol–water partition coefficient (Wildman–Crippen LogP) is 2.00. The van der Waals surface area contributed by atoms with Crippen molar-refractivity contribution >= 4 is 0 Å². The Morgan fingerprint density at radius 3 is 2.67 bits per heavy atom. The van der Waals surface area contributed by atoms with Gasteiger partial charge in [-0.3, -0.25) is 0 Å². The van der Waals surface area contributed by atoms with Crippen molar-refractivity contribution in [2.24, 2.45) is 11.8 Å². The fourth-order valence-corrected chi connectivity index (χ4v) is 2.51. The Labute approximate surface area is 56.1 Å².